The molecule has 1 aliphatic rings. The molecule has 1 aromatic heterocycles. The Balaban J connectivity index is 1.98. The van der Waals surface area contributed by atoms with E-state index in [4.69, 9.17) is 0 Å². The van der Waals surface area contributed by atoms with Gasteiger partial charge in [0.2, 0.25) is 10.0 Å². The van der Waals surface area contributed by atoms with Crippen LogP contribution in [0.4, 0.5) is 4.79 Å². The van der Waals surface area contributed by atoms with Crippen molar-refractivity contribution in [2.75, 3.05) is 13.1 Å². The molecule has 0 radical (unpaired) electrons. The lowest BCUT2D eigenvalue weighted by Crippen LogP contribution is -2.50. The van der Waals surface area contributed by atoms with E-state index < -0.39 is 10.0 Å². The van der Waals surface area contributed by atoms with Crippen molar-refractivity contribution in [3.05, 3.63) is 11.4 Å². The summed E-state index contributed by atoms with van der Waals surface area (Å²) in [6, 6.07) is -0.142. The topological polar surface area (TPSA) is 107 Å². The van der Waals surface area contributed by atoms with Crippen LogP contribution in [0, 0.1) is 13.8 Å². The number of rotatable bonds is 4. The van der Waals surface area contributed by atoms with Crippen molar-refractivity contribution in [1.29, 1.82) is 0 Å². The molecule has 2 rings (SSSR count). The van der Waals surface area contributed by atoms with Crippen LogP contribution in [-0.4, -0.2) is 54.1 Å². The molecule has 2 amide bonds. The van der Waals surface area contributed by atoms with Gasteiger partial charge in [-0.2, -0.15) is 9.40 Å². The zero-order valence-electron chi connectivity index (χ0n) is 14.0. The average Bonchev–Trinajstić information content (AvgIpc) is 2.78. The molecule has 3 N–H and O–H groups in total. The van der Waals surface area contributed by atoms with Crippen molar-refractivity contribution in [1.82, 2.24) is 25.1 Å². The third-order valence-electron chi connectivity index (χ3n) is 3.87. The zero-order chi connectivity index (χ0) is 17.2. The Kier molecular flexibility index (Phi) is 5.30. The second kappa shape index (κ2) is 6.88. The van der Waals surface area contributed by atoms with Gasteiger partial charge in [0, 0.05) is 25.2 Å². The van der Waals surface area contributed by atoms with Gasteiger partial charge in [0.25, 0.3) is 0 Å². The van der Waals surface area contributed by atoms with Gasteiger partial charge in [0.05, 0.1) is 11.4 Å². The Morgan fingerprint density at radius 2 is 1.91 bits per heavy atom. The normalized spacial score (nSPS) is 17.4. The van der Waals surface area contributed by atoms with Crippen molar-refractivity contribution < 1.29 is 13.2 Å². The largest absolute Gasteiger partial charge is 0.336 e. The number of H-pyrrole nitrogens is 1. The highest BCUT2D eigenvalue weighted by Gasteiger charge is 2.33. The van der Waals surface area contributed by atoms with Gasteiger partial charge in [0.1, 0.15) is 4.90 Å². The Morgan fingerprint density at radius 3 is 2.39 bits per heavy atom. The summed E-state index contributed by atoms with van der Waals surface area (Å²) in [6.45, 7) is 7.95. The number of nitrogens with one attached hydrogen (secondary N) is 3. The van der Waals surface area contributed by atoms with E-state index in [-0.39, 0.29) is 23.0 Å². The number of hydrogen-bond donors (Lipinski definition) is 3. The maximum atomic E-state index is 12.7. The van der Waals surface area contributed by atoms with E-state index in [1.165, 1.54) is 4.31 Å². The number of carbonyl (C=O) groups is 1. The molecule has 8 nitrogen and oxygen atoms in total. The third kappa shape index (κ3) is 4.03. The maximum Gasteiger partial charge on any atom is 0.315 e. The molecule has 9 heteroatoms. The van der Waals surface area contributed by atoms with Gasteiger partial charge in [-0.15, -0.1) is 0 Å². The summed E-state index contributed by atoms with van der Waals surface area (Å²) >= 11 is 0. The molecule has 2 heterocycles. The van der Waals surface area contributed by atoms with Crippen LogP contribution >= 0.6 is 0 Å². The van der Waals surface area contributed by atoms with Gasteiger partial charge >= 0.3 is 6.03 Å². The summed E-state index contributed by atoms with van der Waals surface area (Å²) in [6.07, 6.45) is 1.20. The number of hydrogen-bond acceptors (Lipinski definition) is 4. The van der Waals surface area contributed by atoms with Gasteiger partial charge in [-0.05, 0) is 40.5 Å². The number of nitrogens with zero attached hydrogens (tertiary/aromatic N) is 2. The number of sulfonamides is 1. The van der Waals surface area contributed by atoms with Gasteiger partial charge in [0.15, 0.2) is 0 Å². The Morgan fingerprint density at radius 1 is 1.30 bits per heavy atom. The van der Waals surface area contributed by atoms with E-state index >= 15 is 0 Å². The van der Waals surface area contributed by atoms with Crippen LogP contribution in [0.2, 0.25) is 0 Å². The van der Waals surface area contributed by atoms with Crippen LogP contribution in [0.15, 0.2) is 4.90 Å². The minimum absolute atomic E-state index is 0.00764. The second-order valence-electron chi connectivity index (χ2n) is 6.21. The maximum absolute atomic E-state index is 12.7. The predicted molar refractivity (Wildman–Crippen MR) is 86.6 cm³/mol. The molecular weight excluding hydrogens is 318 g/mol. The van der Waals surface area contributed by atoms with Crippen LogP contribution in [0.25, 0.3) is 0 Å². The Labute approximate surface area is 137 Å². The molecule has 0 aliphatic carbocycles. The summed E-state index contributed by atoms with van der Waals surface area (Å²) in [5.41, 5.74) is 1.04. The summed E-state index contributed by atoms with van der Waals surface area (Å²) in [5, 5.41) is 12.3. The van der Waals surface area contributed by atoms with Crippen molar-refractivity contribution >= 4 is 16.1 Å². The number of urea groups is 1. The molecule has 0 bridgehead atoms. The molecular formula is C14H25N5O3S. The Hall–Kier alpha value is -1.61. The standard InChI is InChI=1S/C14H25N5O3S/c1-9(2)15-14(20)16-12-5-7-19(8-6-12)23(21,22)13-10(3)17-18-11(13)4/h9,12H,5-8H2,1-4H3,(H,17,18)(H2,15,16,20). The van der Waals surface area contributed by atoms with E-state index in [0.29, 0.717) is 37.3 Å². The first-order valence-electron chi connectivity index (χ1n) is 7.80. The highest BCUT2D eigenvalue weighted by Crippen LogP contribution is 2.24. The minimum Gasteiger partial charge on any atom is -0.336 e. The predicted octanol–water partition coefficient (Wildman–Crippen LogP) is 0.887. The molecule has 1 fully saturated rings. The second-order valence-corrected chi connectivity index (χ2v) is 8.09. The van der Waals surface area contributed by atoms with Gasteiger partial charge in [-0.3, -0.25) is 5.10 Å². The highest BCUT2D eigenvalue weighted by atomic mass is 32.2. The smallest absolute Gasteiger partial charge is 0.315 e. The van der Waals surface area contributed by atoms with Gasteiger partial charge in [-0.1, -0.05) is 0 Å². The summed E-state index contributed by atoms with van der Waals surface area (Å²) < 4.78 is 26.9. The van der Waals surface area contributed by atoms with Gasteiger partial charge < -0.3 is 10.6 Å². The fourth-order valence-corrected chi connectivity index (χ4v) is 4.58. The Bertz CT molecular complexity index is 640. The molecule has 130 valence electrons. The van der Waals surface area contributed by atoms with Gasteiger partial charge in [-0.25, -0.2) is 13.2 Å². The lowest BCUT2D eigenvalue weighted by atomic mass is 10.1. The van der Waals surface area contributed by atoms with E-state index in [9.17, 15) is 13.2 Å². The fraction of sp³-hybridized carbons (Fsp3) is 0.714. The van der Waals surface area contributed by atoms with E-state index in [1.54, 1.807) is 13.8 Å². The van der Waals surface area contributed by atoms with Crippen LogP contribution in [0.3, 0.4) is 0 Å². The molecule has 0 spiro atoms. The first-order chi connectivity index (χ1) is 10.7. The molecule has 0 saturated carbocycles. The van der Waals surface area contributed by atoms with Crippen molar-refractivity contribution in [2.45, 2.75) is 57.5 Å². The van der Waals surface area contributed by atoms with E-state index in [0.717, 1.165) is 0 Å². The number of amides is 2. The summed E-state index contributed by atoms with van der Waals surface area (Å²) in [5.74, 6) is 0. The first kappa shape index (κ1) is 17.7. The lowest BCUT2D eigenvalue weighted by Gasteiger charge is -2.31. The first-order valence-corrected chi connectivity index (χ1v) is 9.24. The fourth-order valence-electron chi connectivity index (χ4n) is 2.78. The number of carbonyl (C=O) groups excluding carboxylic acids is 1. The van der Waals surface area contributed by atoms with E-state index in [2.05, 4.69) is 20.8 Å². The molecule has 0 atom stereocenters. The van der Waals surface area contributed by atoms with Crippen molar-refractivity contribution in [2.24, 2.45) is 0 Å². The quantitative estimate of drug-likeness (QED) is 0.754. The SMILES string of the molecule is Cc1n[nH]c(C)c1S(=O)(=O)N1CCC(NC(=O)NC(C)C)CC1. The summed E-state index contributed by atoms with van der Waals surface area (Å²) in [7, 11) is -3.54. The van der Waals surface area contributed by atoms with E-state index in [1.807, 2.05) is 13.8 Å². The van der Waals surface area contributed by atoms with Crippen LogP contribution in [-0.2, 0) is 10.0 Å². The van der Waals surface area contributed by atoms with Crippen LogP contribution in [0.1, 0.15) is 38.1 Å². The third-order valence-corrected chi connectivity index (χ3v) is 6.03. The monoisotopic (exact) mass is 343 g/mol. The number of piperidine rings is 1. The molecule has 23 heavy (non-hydrogen) atoms. The minimum atomic E-state index is -3.54. The number of aromatic nitrogens is 2. The lowest BCUT2D eigenvalue weighted by molar-refractivity contribution is 0.225. The average molecular weight is 343 g/mol. The highest BCUT2D eigenvalue weighted by molar-refractivity contribution is 7.89. The molecule has 0 unspecified atom stereocenters. The van der Waals surface area contributed by atoms with Crippen LogP contribution < -0.4 is 10.6 Å². The van der Waals surface area contributed by atoms with Crippen LogP contribution in [0.5, 0.6) is 0 Å². The number of aryl methyl sites for hydroxylation is 2. The molecule has 1 aliphatic heterocycles. The zero-order valence-corrected chi connectivity index (χ0v) is 14.8. The molecule has 1 aromatic rings. The van der Waals surface area contributed by atoms with Crippen molar-refractivity contribution in [3.8, 4) is 0 Å². The molecule has 0 aromatic carbocycles. The molecule has 1 saturated heterocycles. The van der Waals surface area contributed by atoms with Crippen molar-refractivity contribution in [3.63, 3.8) is 0 Å². The summed E-state index contributed by atoms with van der Waals surface area (Å²) in [4.78, 5) is 12.0. The number of aromatic amines is 1.